The Morgan fingerprint density at radius 1 is 1.38 bits per heavy atom. The normalized spacial score (nSPS) is 12.0. The van der Waals surface area contributed by atoms with Crippen molar-refractivity contribution in [3.63, 3.8) is 0 Å². The van der Waals surface area contributed by atoms with Crippen molar-refractivity contribution >= 4 is 27.4 Å². The molecule has 0 fully saturated rings. The van der Waals surface area contributed by atoms with Crippen LogP contribution >= 0.6 is 0 Å². The van der Waals surface area contributed by atoms with Gasteiger partial charge in [0.05, 0.1) is 30.3 Å². The second-order valence-corrected chi connectivity index (χ2v) is 7.15. The lowest BCUT2D eigenvalue weighted by Crippen LogP contribution is -2.47. The second-order valence-electron chi connectivity index (χ2n) is 5.41. The van der Waals surface area contributed by atoms with Crippen LogP contribution in [0.1, 0.15) is 24.2 Å². The maximum atomic E-state index is 11.5. The van der Waals surface area contributed by atoms with Crippen molar-refractivity contribution in [2.24, 2.45) is 0 Å². The van der Waals surface area contributed by atoms with E-state index in [1.54, 1.807) is 32.0 Å². The molecule has 0 saturated carbocycles. The SMILES string of the molecule is COC(=O)c1ccc(N)c(NCC(C)(C)NS(C)(=O)=O)c1. The minimum absolute atomic E-state index is 0.300. The van der Waals surface area contributed by atoms with Gasteiger partial charge in [-0.15, -0.1) is 0 Å². The molecular formula is C13H21N3O4S. The first-order valence-corrected chi connectivity index (χ1v) is 8.14. The minimum Gasteiger partial charge on any atom is -0.465 e. The van der Waals surface area contributed by atoms with E-state index in [9.17, 15) is 13.2 Å². The number of carbonyl (C=O) groups is 1. The predicted molar refractivity (Wildman–Crippen MR) is 82.7 cm³/mol. The van der Waals surface area contributed by atoms with Crippen LogP contribution in [0.3, 0.4) is 0 Å². The summed E-state index contributed by atoms with van der Waals surface area (Å²) >= 11 is 0. The number of nitrogens with one attached hydrogen (secondary N) is 2. The van der Waals surface area contributed by atoms with Crippen LogP contribution in [0.15, 0.2) is 18.2 Å². The number of rotatable bonds is 6. The highest BCUT2D eigenvalue weighted by atomic mass is 32.2. The average Bonchev–Trinajstić information content (AvgIpc) is 2.34. The second kappa shape index (κ2) is 6.31. The zero-order valence-corrected chi connectivity index (χ0v) is 13.4. The number of carbonyl (C=O) groups excluding carboxylic acids is 1. The predicted octanol–water partition coefficient (Wildman–Crippen LogP) is 0.795. The number of sulfonamides is 1. The summed E-state index contributed by atoms with van der Waals surface area (Å²) in [6, 6.07) is 4.72. The molecule has 0 spiro atoms. The third-order valence-electron chi connectivity index (χ3n) is 2.66. The maximum Gasteiger partial charge on any atom is 0.337 e. The van der Waals surface area contributed by atoms with Gasteiger partial charge in [-0.3, -0.25) is 0 Å². The van der Waals surface area contributed by atoms with E-state index in [1.165, 1.54) is 7.11 Å². The van der Waals surface area contributed by atoms with Crippen LogP contribution in [0.4, 0.5) is 11.4 Å². The van der Waals surface area contributed by atoms with Gasteiger partial charge in [-0.25, -0.2) is 17.9 Å². The van der Waals surface area contributed by atoms with Gasteiger partial charge in [0, 0.05) is 12.1 Å². The molecule has 118 valence electrons. The summed E-state index contributed by atoms with van der Waals surface area (Å²) in [5.41, 5.74) is 6.49. The number of nitrogens with two attached hydrogens (primary N) is 1. The Morgan fingerprint density at radius 2 is 2.00 bits per heavy atom. The monoisotopic (exact) mass is 315 g/mol. The van der Waals surface area contributed by atoms with E-state index in [1.807, 2.05) is 0 Å². The van der Waals surface area contributed by atoms with Gasteiger partial charge in [0.1, 0.15) is 0 Å². The number of hydrogen-bond donors (Lipinski definition) is 3. The van der Waals surface area contributed by atoms with E-state index in [0.717, 1.165) is 6.26 Å². The summed E-state index contributed by atoms with van der Waals surface area (Å²) in [6.45, 7) is 3.78. The Kier molecular flexibility index (Phi) is 5.19. The fourth-order valence-electron chi connectivity index (χ4n) is 1.81. The summed E-state index contributed by atoms with van der Waals surface area (Å²) in [7, 11) is -2.02. The standard InChI is InChI=1S/C13H21N3O4S/c1-13(2,16-21(4,18)19)8-15-11-7-9(12(17)20-3)5-6-10(11)14/h5-7,15-16H,8,14H2,1-4H3. The Balaban J connectivity index is 2.86. The van der Waals surface area contributed by atoms with Gasteiger partial charge in [-0.1, -0.05) is 0 Å². The lowest BCUT2D eigenvalue weighted by atomic mass is 10.1. The molecule has 0 amide bonds. The number of anilines is 2. The van der Waals surface area contributed by atoms with Crippen LogP contribution in [-0.2, 0) is 14.8 Å². The Labute approximate surface area is 124 Å². The van der Waals surface area contributed by atoms with Crippen LogP contribution in [-0.4, -0.2) is 39.8 Å². The smallest absolute Gasteiger partial charge is 0.337 e. The number of esters is 1. The van der Waals surface area contributed by atoms with Gasteiger partial charge in [0.25, 0.3) is 0 Å². The largest absolute Gasteiger partial charge is 0.465 e. The molecule has 1 aromatic carbocycles. The summed E-state index contributed by atoms with van der Waals surface area (Å²) < 4.78 is 29.7. The zero-order valence-electron chi connectivity index (χ0n) is 12.6. The minimum atomic E-state index is -3.32. The van der Waals surface area contributed by atoms with Crippen LogP contribution in [0.2, 0.25) is 0 Å². The number of benzene rings is 1. The molecule has 21 heavy (non-hydrogen) atoms. The quantitative estimate of drug-likeness (QED) is 0.529. The Hall–Kier alpha value is -1.80. The van der Waals surface area contributed by atoms with E-state index in [4.69, 9.17) is 5.73 Å². The fourth-order valence-corrected chi connectivity index (χ4v) is 2.88. The topological polar surface area (TPSA) is 111 Å². The third kappa shape index (κ3) is 5.60. The molecule has 0 atom stereocenters. The molecule has 1 rings (SSSR count). The maximum absolute atomic E-state index is 11.5. The van der Waals surface area contributed by atoms with Gasteiger partial charge in [0.15, 0.2) is 0 Å². The summed E-state index contributed by atoms with van der Waals surface area (Å²) in [6.07, 6.45) is 1.10. The first kappa shape index (κ1) is 17.3. The number of nitrogen functional groups attached to an aromatic ring is 1. The molecule has 0 unspecified atom stereocenters. The van der Waals surface area contributed by atoms with E-state index in [0.29, 0.717) is 23.5 Å². The van der Waals surface area contributed by atoms with Crippen molar-refractivity contribution in [1.29, 1.82) is 0 Å². The molecule has 0 bridgehead atoms. The lowest BCUT2D eigenvalue weighted by Gasteiger charge is -2.26. The van der Waals surface area contributed by atoms with Crippen LogP contribution in [0.5, 0.6) is 0 Å². The molecule has 0 aliphatic carbocycles. The summed E-state index contributed by atoms with van der Waals surface area (Å²) in [5.74, 6) is -0.466. The summed E-state index contributed by atoms with van der Waals surface area (Å²) in [4.78, 5) is 11.5. The third-order valence-corrected chi connectivity index (χ3v) is 3.58. The molecule has 0 radical (unpaired) electrons. The molecule has 0 saturated heterocycles. The molecule has 1 aromatic rings. The van der Waals surface area contributed by atoms with E-state index < -0.39 is 21.5 Å². The summed E-state index contributed by atoms with van der Waals surface area (Å²) in [5, 5.41) is 3.04. The van der Waals surface area contributed by atoms with Crippen LogP contribution in [0.25, 0.3) is 0 Å². The Bertz CT molecular complexity index is 626. The van der Waals surface area contributed by atoms with Gasteiger partial charge >= 0.3 is 5.97 Å². The van der Waals surface area contributed by atoms with Crippen molar-refractivity contribution in [3.8, 4) is 0 Å². The highest BCUT2D eigenvalue weighted by Gasteiger charge is 2.22. The molecule has 0 aliphatic heterocycles. The first-order valence-electron chi connectivity index (χ1n) is 6.25. The Morgan fingerprint density at radius 3 is 2.52 bits per heavy atom. The van der Waals surface area contributed by atoms with Crippen molar-refractivity contribution in [3.05, 3.63) is 23.8 Å². The molecule has 4 N–H and O–H groups in total. The zero-order chi connectivity index (χ0) is 16.3. The fraction of sp³-hybridized carbons (Fsp3) is 0.462. The van der Waals surface area contributed by atoms with Crippen molar-refractivity contribution in [2.45, 2.75) is 19.4 Å². The highest BCUT2D eigenvalue weighted by Crippen LogP contribution is 2.21. The molecule has 0 heterocycles. The lowest BCUT2D eigenvalue weighted by molar-refractivity contribution is 0.0601. The number of ether oxygens (including phenoxy) is 1. The number of hydrogen-bond acceptors (Lipinski definition) is 6. The van der Waals surface area contributed by atoms with Gasteiger partial charge in [-0.2, -0.15) is 0 Å². The van der Waals surface area contributed by atoms with Gasteiger partial charge in [0.2, 0.25) is 10.0 Å². The highest BCUT2D eigenvalue weighted by molar-refractivity contribution is 7.88. The van der Waals surface area contributed by atoms with E-state index in [-0.39, 0.29) is 0 Å². The molecule has 0 aromatic heterocycles. The van der Waals surface area contributed by atoms with E-state index in [2.05, 4.69) is 14.8 Å². The molecular weight excluding hydrogens is 294 g/mol. The van der Waals surface area contributed by atoms with Gasteiger partial charge in [-0.05, 0) is 32.0 Å². The number of methoxy groups -OCH3 is 1. The molecule has 0 aliphatic rings. The van der Waals surface area contributed by atoms with Crippen molar-refractivity contribution < 1.29 is 17.9 Å². The van der Waals surface area contributed by atoms with Crippen LogP contribution in [0, 0.1) is 0 Å². The molecule has 8 heteroatoms. The average molecular weight is 315 g/mol. The van der Waals surface area contributed by atoms with Crippen molar-refractivity contribution in [1.82, 2.24) is 4.72 Å². The van der Waals surface area contributed by atoms with Crippen LogP contribution < -0.4 is 15.8 Å². The van der Waals surface area contributed by atoms with Gasteiger partial charge < -0.3 is 15.8 Å². The first-order chi connectivity index (χ1) is 9.54. The van der Waals surface area contributed by atoms with E-state index >= 15 is 0 Å². The molecule has 7 nitrogen and oxygen atoms in total. The van der Waals surface area contributed by atoms with Crippen molar-refractivity contribution in [2.75, 3.05) is 31.0 Å².